The van der Waals surface area contributed by atoms with Crippen molar-refractivity contribution in [2.24, 2.45) is 5.92 Å². The number of hydrogen-bond acceptors (Lipinski definition) is 5. The molecule has 1 aliphatic heterocycles. The fraction of sp³-hybridized carbons (Fsp3) is 0.412. The SMILES string of the molecule is COc1ccc(C)cc1N1CC(C(=O)NCC(=O)NCC(=O)O)CC1=O. The maximum atomic E-state index is 12.3. The highest BCUT2D eigenvalue weighted by molar-refractivity contribution is 6.01. The molecule has 0 radical (unpaired) electrons. The van der Waals surface area contributed by atoms with Gasteiger partial charge in [-0.1, -0.05) is 6.07 Å². The number of anilines is 1. The second-order valence-electron chi connectivity index (χ2n) is 5.97. The molecule has 3 N–H and O–H groups in total. The van der Waals surface area contributed by atoms with Crippen LogP contribution in [-0.2, 0) is 19.2 Å². The minimum atomic E-state index is -1.17. The maximum absolute atomic E-state index is 12.3. The van der Waals surface area contributed by atoms with Crippen molar-refractivity contribution in [3.8, 4) is 5.75 Å². The minimum Gasteiger partial charge on any atom is -0.495 e. The zero-order valence-electron chi connectivity index (χ0n) is 14.6. The number of carbonyl (C=O) groups excluding carboxylic acids is 3. The van der Waals surface area contributed by atoms with Crippen LogP contribution < -0.4 is 20.3 Å². The summed E-state index contributed by atoms with van der Waals surface area (Å²) in [6, 6.07) is 5.44. The molecule has 3 amide bonds. The first-order valence-corrected chi connectivity index (χ1v) is 8.03. The third-order valence-electron chi connectivity index (χ3n) is 3.98. The largest absolute Gasteiger partial charge is 0.495 e. The number of hydrogen-bond donors (Lipinski definition) is 3. The molecule has 1 saturated heterocycles. The Morgan fingerprint density at radius 1 is 1.27 bits per heavy atom. The molecule has 26 heavy (non-hydrogen) atoms. The van der Waals surface area contributed by atoms with Gasteiger partial charge < -0.3 is 25.4 Å². The van der Waals surface area contributed by atoms with Crippen molar-refractivity contribution in [2.75, 3.05) is 31.6 Å². The van der Waals surface area contributed by atoms with Gasteiger partial charge in [0.15, 0.2) is 0 Å². The van der Waals surface area contributed by atoms with E-state index in [1.54, 1.807) is 6.07 Å². The summed E-state index contributed by atoms with van der Waals surface area (Å²) in [7, 11) is 1.51. The van der Waals surface area contributed by atoms with Gasteiger partial charge in [-0.3, -0.25) is 19.2 Å². The Balaban J connectivity index is 1.97. The number of ether oxygens (including phenoxy) is 1. The van der Waals surface area contributed by atoms with E-state index in [1.807, 2.05) is 19.1 Å². The molecular formula is C17H21N3O6. The maximum Gasteiger partial charge on any atom is 0.322 e. The average molecular weight is 363 g/mol. The molecule has 1 aliphatic rings. The summed E-state index contributed by atoms with van der Waals surface area (Å²) in [6.07, 6.45) is 0.0275. The van der Waals surface area contributed by atoms with Crippen molar-refractivity contribution in [1.82, 2.24) is 10.6 Å². The molecular weight excluding hydrogens is 342 g/mol. The summed E-state index contributed by atoms with van der Waals surface area (Å²) in [4.78, 5) is 47.9. The van der Waals surface area contributed by atoms with E-state index in [4.69, 9.17) is 9.84 Å². The molecule has 9 heteroatoms. The Morgan fingerprint density at radius 3 is 2.65 bits per heavy atom. The highest BCUT2D eigenvalue weighted by Crippen LogP contribution is 2.33. The van der Waals surface area contributed by atoms with Gasteiger partial charge in [-0.15, -0.1) is 0 Å². The van der Waals surface area contributed by atoms with Crippen LogP contribution >= 0.6 is 0 Å². The van der Waals surface area contributed by atoms with Crippen molar-refractivity contribution in [1.29, 1.82) is 0 Å². The predicted octanol–water partition coefficient (Wildman–Crippen LogP) is -0.326. The van der Waals surface area contributed by atoms with E-state index < -0.39 is 30.2 Å². The van der Waals surface area contributed by atoms with E-state index in [2.05, 4.69) is 10.6 Å². The number of rotatable bonds is 7. The lowest BCUT2D eigenvalue weighted by Crippen LogP contribution is -2.41. The zero-order chi connectivity index (χ0) is 19.3. The number of aliphatic carboxylic acids is 1. The molecule has 0 aromatic heterocycles. The second-order valence-corrected chi connectivity index (χ2v) is 5.97. The molecule has 1 unspecified atom stereocenters. The van der Waals surface area contributed by atoms with Gasteiger partial charge in [-0.2, -0.15) is 0 Å². The Hall–Kier alpha value is -3.10. The van der Waals surface area contributed by atoms with E-state index in [9.17, 15) is 19.2 Å². The number of benzene rings is 1. The number of amides is 3. The van der Waals surface area contributed by atoms with Crippen molar-refractivity contribution in [3.05, 3.63) is 23.8 Å². The van der Waals surface area contributed by atoms with Crippen LogP contribution in [0.4, 0.5) is 5.69 Å². The highest BCUT2D eigenvalue weighted by Gasteiger charge is 2.36. The molecule has 1 aromatic carbocycles. The van der Waals surface area contributed by atoms with Gasteiger partial charge in [0.05, 0.1) is 25.3 Å². The Morgan fingerprint density at radius 2 is 2.00 bits per heavy atom. The number of nitrogens with zero attached hydrogens (tertiary/aromatic N) is 1. The lowest BCUT2D eigenvalue weighted by atomic mass is 10.1. The van der Waals surface area contributed by atoms with Gasteiger partial charge in [0.1, 0.15) is 12.3 Å². The molecule has 1 aromatic rings. The fourth-order valence-electron chi connectivity index (χ4n) is 2.68. The molecule has 2 rings (SSSR count). The van der Waals surface area contributed by atoms with Crippen LogP contribution in [-0.4, -0.2) is 55.5 Å². The third-order valence-corrected chi connectivity index (χ3v) is 3.98. The summed E-state index contributed by atoms with van der Waals surface area (Å²) in [5.74, 6) is -2.48. The molecule has 0 aliphatic carbocycles. The lowest BCUT2D eigenvalue weighted by molar-refractivity contribution is -0.137. The lowest BCUT2D eigenvalue weighted by Gasteiger charge is -2.20. The molecule has 0 spiro atoms. The van der Waals surface area contributed by atoms with Crippen LogP contribution in [0.5, 0.6) is 5.75 Å². The first-order valence-electron chi connectivity index (χ1n) is 8.03. The quantitative estimate of drug-likeness (QED) is 0.609. The zero-order valence-corrected chi connectivity index (χ0v) is 14.6. The summed E-state index contributed by atoms with van der Waals surface area (Å²) < 4.78 is 5.29. The Bertz CT molecular complexity index is 733. The minimum absolute atomic E-state index is 0.0275. The third kappa shape index (κ3) is 4.71. The van der Waals surface area contributed by atoms with Crippen molar-refractivity contribution < 1.29 is 29.0 Å². The summed E-state index contributed by atoms with van der Waals surface area (Å²) in [6.45, 7) is 1.22. The highest BCUT2D eigenvalue weighted by atomic mass is 16.5. The van der Waals surface area contributed by atoms with E-state index in [1.165, 1.54) is 12.0 Å². The number of nitrogens with one attached hydrogen (secondary N) is 2. The summed E-state index contributed by atoms with van der Waals surface area (Å²) in [5, 5.41) is 13.1. The van der Waals surface area contributed by atoms with E-state index >= 15 is 0 Å². The van der Waals surface area contributed by atoms with Gasteiger partial charge in [0.2, 0.25) is 17.7 Å². The number of carbonyl (C=O) groups is 4. The van der Waals surface area contributed by atoms with Crippen LogP contribution in [0.1, 0.15) is 12.0 Å². The van der Waals surface area contributed by atoms with Crippen LogP contribution in [0.3, 0.4) is 0 Å². The fourth-order valence-corrected chi connectivity index (χ4v) is 2.68. The number of carboxylic acids is 1. The van der Waals surface area contributed by atoms with Crippen molar-refractivity contribution in [2.45, 2.75) is 13.3 Å². The first-order chi connectivity index (χ1) is 12.3. The molecule has 140 valence electrons. The van der Waals surface area contributed by atoms with Gasteiger partial charge in [-0.05, 0) is 24.6 Å². The predicted molar refractivity (Wildman–Crippen MR) is 91.8 cm³/mol. The van der Waals surface area contributed by atoms with Crippen LogP contribution in [0.2, 0.25) is 0 Å². The summed E-state index contributed by atoms with van der Waals surface area (Å²) in [5.41, 5.74) is 1.56. The van der Waals surface area contributed by atoms with E-state index in [0.29, 0.717) is 11.4 Å². The van der Waals surface area contributed by atoms with Crippen LogP contribution in [0.25, 0.3) is 0 Å². The number of aryl methyl sites for hydroxylation is 1. The molecule has 1 atom stereocenters. The van der Waals surface area contributed by atoms with Gasteiger partial charge in [-0.25, -0.2) is 0 Å². The second kappa shape index (κ2) is 8.32. The van der Waals surface area contributed by atoms with Crippen LogP contribution in [0.15, 0.2) is 18.2 Å². The topological polar surface area (TPSA) is 125 Å². The smallest absolute Gasteiger partial charge is 0.322 e. The van der Waals surface area contributed by atoms with Crippen molar-refractivity contribution >= 4 is 29.4 Å². The van der Waals surface area contributed by atoms with Crippen LogP contribution in [0, 0.1) is 12.8 Å². The molecule has 1 fully saturated rings. The molecule has 1 heterocycles. The molecule has 0 saturated carbocycles. The average Bonchev–Trinajstić information content (AvgIpc) is 2.99. The van der Waals surface area contributed by atoms with E-state index in [-0.39, 0.29) is 25.4 Å². The Labute approximate surface area is 150 Å². The Kier molecular flexibility index (Phi) is 6.16. The number of carboxylic acid groups (broad SMARTS) is 1. The molecule has 0 bridgehead atoms. The normalized spacial score (nSPS) is 16.3. The van der Waals surface area contributed by atoms with Gasteiger partial charge >= 0.3 is 5.97 Å². The standard InChI is InChI=1S/C17H21N3O6/c1-10-3-4-13(26-2)12(5-10)20-9-11(6-15(20)22)17(25)19-7-14(21)18-8-16(23)24/h3-5,11H,6-9H2,1-2H3,(H,18,21)(H,19,25)(H,23,24). The monoisotopic (exact) mass is 363 g/mol. The van der Waals surface area contributed by atoms with Gasteiger partial charge in [0.25, 0.3) is 0 Å². The first kappa shape index (κ1) is 19.2. The molecule has 9 nitrogen and oxygen atoms in total. The van der Waals surface area contributed by atoms with E-state index in [0.717, 1.165) is 5.56 Å². The number of methoxy groups -OCH3 is 1. The summed E-state index contributed by atoms with van der Waals surface area (Å²) >= 11 is 0. The van der Waals surface area contributed by atoms with Gasteiger partial charge in [0, 0.05) is 13.0 Å². The van der Waals surface area contributed by atoms with Crippen molar-refractivity contribution in [3.63, 3.8) is 0 Å².